The van der Waals surface area contributed by atoms with E-state index >= 15 is 0 Å². The second-order valence-electron chi connectivity index (χ2n) is 5.33. The van der Waals surface area contributed by atoms with Crippen LogP contribution in [0.4, 0.5) is 0 Å². The molecule has 0 bridgehead atoms. The minimum Gasteiger partial charge on any atom is -0.496 e. The van der Waals surface area contributed by atoms with Crippen molar-refractivity contribution in [1.29, 1.82) is 0 Å². The van der Waals surface area contributed by atoms with E-state index in [9.17, 15) is 0 Å². The predicted octanol–water partition coefficient (Wildman–Crippen LogP) is 3.78. The second-order valence-corrected chi connectivity index (χ2v) is 5.33. The SMILES string of the molecule is CCC(CC)(OC)C(NC)c1ccc(C)c(C)c1OC. The fourth-order valence-electron chi connectivity index (χ4n) is 3.08. The molecule has 3 nitrogen and oxygen atoms in total. The number of methoxy groups -OCH3 is 2. The molecule has 1 aromatic carbocycles. The van der Waals surface area contributed by atoms with Gasteiger partial charge in [-0.05, 0) is 44.9 Å². The van der Waals surface area contributed by atoms with Crippen LogP contribution in [0.2, 0.25) is 0 Å². The van der Waals surface area contributed by atoms with Crippen LogP contribution in [-0.2, 0) is 4.74 Å². The van der Waals surface area contributed by atoms with Crippen molar-refractivity contribution < 1.29 is 9.47 Å². The average Bonchev–Trinajstić information content (AvgIpc) is 2.48. The molecule has 0 saturated carbocycles. The van der Waals surface area contributed by atoms with Gasteiger partial charge < -0.3 is 14.8 Å². The van der Waals surface area contributed by atoms with Gasteiger partial charge in [-0.1, -0.05) is 26.0 Å². The molecule has 20 heavy (non-hydrogen) atoms. The van der Waals surface area contributed by atoms with Crippen LogP contribution in [0.25, 0.3) is 0 Å². The molecule has 0 spiro atoms. The lowest BCUT2D eigenvalue weighted by atomic mass is 9.82. The molecule has 114 valence electrons. The highest BCUT2D eigenvalue weighted by Crippen LogP contribution is 2.40. The van der Waals surface area contributed by atoms with E-state index in [1.807, 2.05) is 7.05 Å². The van der Waals surface area contributed by atoms with E-state index in [1.165, 1.54) is 16.7 Å². The van der Waals surface area contributed by atoms with E-state index in [2.05, 4.69) is 45.1 Å². The Labute approximate surface area is 123 Å². The predicted molar refractivity (Wildman–Crippen MR) is 84.6 cm³/mol. The molecule has 1 aromatic rings. The maximum Gasteiger partial charge on any atom is 0.126 e. The normalized spacial score (nSPS) is 13.3. The van der Waals surface area contributed by atoms with E-state index in [1.54, 1.807) is 14.2 Å². The molecule has 0 aliphatic rings. The third-order valence-electron chi connectivity index (χ3n) is 4.64. The van der Waals surface area contributed by atoms with E-state index in [4.69, 9.17) is 9.47 Å². The number of nitrogens with one attached hydrogen (secondary N) is 1. The van der Waals surface area contributed by atoms with Crippen LogP contribution in [0.1, 0.15) is 49.4 Å². The number of rotatable bonds is 7. The Morgan fingerprint density at radius 1 is 1.15 bits per heavy atom. The Kier molecular flexibility index (Phi) is 6.03. The van der Waals surface area contributed by atoms with Crippen molar-refractivity contribution >= 4 is 0 Å². The topological polar surface area (TPSA) is 30.5 Å². The zero-order valence-electron chi connectivity index (χ0n) is 14.0. The summed E-state index contributed by atoms with van der Waals surface area (Å²) in [5.74, 6) is 0.965. The first-order valence-corrected chi connectivity index (χ1v) is 7.37. The minimum absolute atomic E-state index is 0.108. The van der Waals surface area contributed by atoms with Gasteiger partial charge in [-0.3, -0.25) is 0 Å². The van der Waals surface area contributed by atoms with E-state index < -0.39 is 0 Å². The molecular formula is C17H29NO2. The van der Waals surface area contributed by atoms with Gasteiger partial charge in [0.05, 0.1) is 18.8 Å². The lowest BCUT2D eigenvalue weighted by Crippen LogP contribution is -2.43. The number of ether oxygens (including phenoxy) is 2. The van der Waals surface area contributed by atoms with Crippen LogP contribution in [0, 0.1) is 13.8 Å². The third kappa shape index (κ3) is 2.84. The van der Waals surface area contributed by atoms with Crippen LogP contribution in [-0.4, -0.2) is 26.9 Å². The summed E-state index contributed by atoms with van der Waals surface area (Å²) in [6.45, 7) is 8.56. The van der Waals surface area contributed by atoms with Gasteiger partial charge in [0.1, 0.15) is 5.75 Å². The Hall–Kier alpha value is -1.06. The first-order valence-electron chi connectivity index (χ1n) is 7.37. The monoisotopic (exact) mass is 279 g/mol. The molecule has 0 radical (unpaired) electrons. The largest absolute Gasteiger partial charge is 0.496 e. The average molecular weight is 279 g/mol. The first-order chi connectivity index (χ1) is 9.51. The van der Waals surface area contributed by atoms with Crippen LogP contribution in [0.5, 0.6) is 5.75 Å². The van der Waals surface area contributed by atoms with Gasteiger partial charge in [0.15, 0.2) is 0 Å². The Bertz CT molecular complexity index is 431. The van der Waals surface area contributed by atoms with Crippen molar-refractivity contribution in [3.05, 3.63) is 28.8 Å². The van der Waals surface area contributed by atoms with Crippen LogP contribution in [0.3, 0.4) is 0 Å². The number of aryl methyl sites for hydroxylation is 1. The molecule has 1 N–H and O–H groups in total. The smallest absolute Gasteiger partial charge is 0.126 e. The zero-order chi connectivity index (χ0) is 15.3. The fraction of sp³-hybridized carbons (Fsp3) is 0.647. The van der Waals surface area contributed by atoms with Crippen molar-refractivity contribution in [1.82, 2.24) is 5.32 Å². The van der Waals surface area contributed by atoms with Gasteiger partial charge in [-0.2, -0.15) is 0 Å². The molecule has 1 atom stereocenters. The highest BCUT2D eigenvalue weighted by molar-refractivity contribution is 5.47. The number of hydrogen-bond donors (Lipinski definition) is 1. The first kappa shape index (κ1) is 17.0. The molecule has 0 aliphatic heterocycles. The fourth-order valence-corrected chi connectivity index (χ4v) is 3.08. The molecule has 0 heterocycles. The standard InChI is InChI=1S/C17H29NO2/c1-8-17(9-2,20-7)16(18-5)14-11-10-12(3)13(4)15(14)19-6/h10-11,16,18H,8-9H2,1-7H3. The summed E-state index contributed by atoms with van der Waals surface area (Å²) in [6, 6.07) is 4.42. The number of hydrogen-bond acceptors (Lipinski definition) is 3. The third-order valence-corrected chi connectivity index (χ3v) is 4.64. The Morgan fingerprint density at radius 3 is 2.15 bits per heavy atom. The highest BCUT2D eigenvalue weighted by atomic mass is 16.5. The molecule has 1 unspecified atom stereocenters. The molecule has 0 saturated heterocycles. The second kappa shape index (κ2) is 7.09. The van der Waals surface area contributed by atoms with Crippen molar-refractivity contribution in [2.45, 2.75) is 52.2 Å². The van der Waals surface area contributed by atoms with Gasteiger partial charge in [0.2, 0.25) is 0 Å². The van der Waals surface area contributed by atoms with Gasteiger partial charge in [-0.15, -0.1) is 0 Å². The molecule has 3 heteroatoms. The summed E-state index contributed by atoms with van der Waals surface area (Å²) in [7, 11) is 5.52. The van der Waals surface area contributed by atoms with Crippen molar-refractivity contribution in [2.75, 3.05) is 21.3 Å². The van der Waals surface area contributed by atoms with Crippen molar-refractivity contribution in [3.8, 4) is 5.75 Å². The van der Waals surface area contributed by atoms with E-state index in [0.29, 0.717) is 0 Å². The van der Waals surface area contributed by atoms with Gasteiger partial charge in [0.25, 0.3) is 0 Å². The molecule has 0 aliphatic carbocycles. The molecule has 0 aromatic heterocycles. The van der Waals surface area contributed by atoms with Crippen LogP contribution < -0.4 is 10.1 Å². The summed E-state index contributed by atoms with van der Waals surface area (Å²) >= 11 is 0. The van der Waals surface area contributed by atoms with Crippen molar-refractivity contribution in [3.63, 3.8) is 0 Å². The van der Waals surface area contributed by atoms with Crippen LogP contribution >= 0.6 is 0 Å². The molecule has 0 amide bonds. The molecule has 0 fully saturated rings. The van der Waals surface area contributed by atoms with Gasteiger partial charge in [-0.25, -0.2) is 0 Å². The molecular weight excluding hydrogens is 250 g/mol. The molecule has 1 rings (SSSR count). The minimum atomic E-state index is -0.219. The summed E-state index contributed by atoms with van der Waals surface area (Å²) in [5, 5.41) is 3.43. The maximum atomic E-state index is 5.90. The summed E-state index contributed by atoms with van der Waals surface area (Å²) in [5.41, 5.74) is 3.39. The summed E-state index contributed by atoms with van der Waals surface area (Å²) in [6.07, 6.45) is 1.89. The number of likely N-dealkylation sites (N-methyl/N-ethyl adjacent to an activating group) is 1. The van der Waals surface area contributed by atoms with Crippen molar-refractivity contribution in [2.24, 2.45) is 0 Å². The number of benzene rings is 1. The summed E-state index contributed by atoms with van der Waals surface area (Å²) in [4.78, 5) is 0. The zero-order valence-corrected chi connectivity index (χ0v) is 14.0. The highest BCUT2D eigenvalue weighted by Gasteiger charge is 2.37. The lowest BCUT2D eigenvalue weighted by Gasteiger charge is -2.39. The van der Waals surface area contributed by atoms with E-state index in [0.717, 1.165) is 18.6 Å². The maximum absolute atomic E-state index is 5.90. The Morgan fingerprint density at radius 2 is 1.75 bits per heavy atom. The lowest BCUT2D eigenvalue weighted by molar-refractivity contribution is -0.0472. The van der Waals surface area contributed by atoms with Crippen LogP contribution in [0.15, 0.2) is 12.1 Å². The van der Waals surface area contributed by atoms with Gasteiger partial charge >= 0.3 is 0 Å². The Balaban J connectivity index is 3.42. The van der Waals surface area contributed by atoms with Gasteiger partial charge in [0, 0.05) is 12.7 Å². The van der Waals surface area contributed by atoms with E-state index in [-0.39, 0.29) is 11.6 Å². The summed E-state index contributed by atoms with van der Waals surface area (Å²) < 4.78 is 11.6. The quantitative estimate of drug-likeness (QED) is 0.824.